The van der Waals surface area contributed by atoms with Gasteiger partial charge in [0.2, 0.25) is 0 Å². The highest BCUT2D eigenvalue weighted by molar-refractivity contribution is 6.02. The van der Waals surface area contributed by atoms with Crippen molar-refractivity contribution >= 4 is 21.5 Å². The van der Waals surface area contributed by atoms with E-state index in [1.807, 2.05) is 0 Å². The average molecular weight is 443 g/mol. The molecule has 4 aromatic carbocycles. The van der Waals surface area contributed by atoms with E-state index in [9.17, 15) is 0 Å². The van der Waals surface area contributed by atoms with E-state index in [4.69, 9.17) is 9.97 Å². The molecule has 0 atom stereocenters. The molecule has 0 spiro atoms. The quantitative estimate of drug-likeness (QED) is 0.274. The summed E-state index contributed by atoms with van der Waals surface area (Å²) in [7, 11) is 0. The third-order valence-electron chi connectivity index (χ3n) is 7.21. The molecule has 0 fully saturated rings. The number of nitrogens with zero attached hydrogens (tertiary/aromatic N) is 2. The zero-order valence-corrected chi connectivity index (χ0v) is 20.6. The van der Waals surface area contributed by atoms with Gasteiger partial charge in [-0.1, -0.05) is 101 Å². The summed E-state index contributed by atoms with van der Waals surface area (Å²) in [5, 5.41) is 5.18. The number of aromatic nitrogens is 2. The molecule has 0 saturated heterocycles. The molecule has 34 heavy (non-hydrogen) atoms. The van der Waals surface area contributed by atoms with E-state index < -0.39 is 0 Å². The van der Waals surface area contributed by atoms with Gasteiger partial charge in [-0.2, -0.15) is 0 Å². The summed E-state index contributed by atoms with van der Waals surface area (Å²) >= 11 is 0. The van der Waals surface area contributed by atoms with Crippen molar-refractivity contribution in [2.75, 3.05) is 0 Å². The molecule has 2 nitrogen and oxygen atoms in total. The molecule has 0 saturated carbocycles. The fourth-order valence-electron chi connectivity index (χ4n) is 5.83. The van der Waals surface area contributed by atoms with Crippen molar-refractivity contribution in [3.63, 3.8) is 0 Å². The Morgan fingerprint density at radius 1 is 0.765 bits per heavy atom. The van der Waals surface area contributed by atoms with E-state index in [-0.39, 0.29) is 10.8 Å². The largest absolute Gasteiger partial charge is 0.240 e. The molecule has 0 N–H and O–H groups in total. The summed E-state index contributed by atoms with van der Waals surface area (Å²) in [4.78, 5) is 9.74. The van der Waals surface area contributed by atoms with E-state index in [1.165, 1.54) is 43.8 Å². The van der Waals surface area contributed by atoms with Gasteiger partial charge in [0.15, 0.2) is 0 Å². The Bertz CT molecular complexity index is 1580. The van der Waals surface area contributed by atoms with E-state index in [0.29, 0.717) is 0 Å². The minimum atomic E-state index is -0.195. The van der Waals surface area contributed by atoms with Crippen LogP contribution in [0.3, 0.4) is 0 Å². The molecule has 1 aromatic heterocycles. The Hall–Kier alpha value is -3.52. The number of fused-ring (bicyclic) bond motifs is 6. The van der Waals surface area contributed by atoms with Gasteiger partial charge in [0.25, 0.3) is 0 Å². The average Bonchev–Trinajstić information content (AvgIpc) is 3.05. The molecular formula is C32H30N2. The van der Waals surface area contributed by atoms with Crippen molar-refractivity contribution in [3.05, 3.63) is 95.9 Å². The van der Waals surface area contributed by atoms with E-state index in [2.05, 4.69) is 107 Å². The lowest BCUT2D eigenvalue weighted by molar-refractivity contribution is 0.412. The second kappa shape index (κ2) is 7.24. The van der Waals surface area contributed by atoms with Crippen molar-refractivity contribution < 1.29 is 0 Å². The first-order chi connectivity index (χ1) is 16.2. The number of hydrogen-bond acceptors (Lipinski definition) is 2. The third kappa shape index (κ3) is 3.16. The van der Waals surface area contributed by atoms with Crippen LogP contribution in [-0.2, 0) is 11.8 Å². The van der Waals surface area contributed by atoms with Crippen molar-refractivity contribution in [3.8, 4) is 22.4 Å². The Morgan fingerprint density at radius 3 is 2.24 bits per heavy atom. The Balaban J connectivity index is 1.68. The monoisotopic (exact) mass is 442 g/mol. The highest BCUT2D eigenvalue weighted by Crippen LogP contribution is 2.53. The lowest BCUT2D eigenvalue weighted by Gasteiger charge is -2.24. The van der Waals surface area contributed by atoms with Crippen LogP contribution in [0.4, 0.5) is 0 Å². The summed E-state index contributed by atoms with van der Waals surface area (Å²) in [6.45, 7) is 11.6. The zero-order chi connectivity index (χ0) is 23.7. The fraction of sp³-hybridized carbons (Fsp3) is 0.250. The zero-order valence-electron chi connectivity index (χ0n) is 20.6. The molecule has 2 heteroatoms. The SMILES string of the molecule is CC(C)(C)Cc1cc2c(c3ccccc13)C(C)(C)c1ncnc(-c3ccc4ccccc4c3)c1-2. The molecule has 168 valence electrons. The minimum absolute atomic E-state index is 0.195. The Kier molecular flexibility index (Phi) is 4.48. The van der Waals surface area contributed by atoms with Gasteiger partial charge in [-0.05, 0) is 56.1 Å². The Morgan fingerprint density at radius 2 is 1.47 bits per heavy atom. The summed E-state index contributed by atoms with van der Waals surface area (Å²) in [6, 6.07) is 26.5. The van der Waals surface area contributed by atoms with Gasteiger partial charge in [-0.15, -0.1) is 0 Å². The van der Waals surface area contributed by atoms with Crippen molar-refractivity contribution in [2.24, 2.45) is 5.41 Å². The summed E-state index contributed by atoms with van der Waals surface area (Å²) < 4.78 is 0. The van der Waals surface area contributed by atoms with Crippen LogP contribution in [-0.4, -0.2) is 9.97 Å². The van der Waals surface area contributed by atoms with Gasteiger partial charge >= 0.3 is 0 Å². The van der Waals surface area contributed by atoms with E-state index in [1.54, 1.807) is 6.33 Å². The molecular weight excluding hydrogens is 412 g/mol. The van der Waals surface area contributed by atoms with Gasteiger partial charge in [-0.3, -0.25) is 0 Å². The van der Waals surface area contributed by atoms with Gasteiger partial charge < -0.3 is 0 Å². The predicted molar refractivity (Wildman–Crippen MR) is 143 cm³/mol. The fourth-order valence-corrected chi connectivity index (χ4v) is 5.83. The van der Waals surface area contributed by atoms with Crippen molar-refractivity contribution in [1.29, 1.82) is 0 Å². The third-order valence-corrected chi connectivity index (χ3v) is 7.21. The smallest absolute Gasteiger partial charge is 0.116 e. The lowest BCUT2D eigenvalue weighted by Crippen LogP contribution is -2.18. The van der Waals surface area contributed by atoms with Crippen LogP contribution in [0.15, 0.2) is 79.1 Å². The first kappa shape index (κ1) is 21.0. The first-order valence-electron chi connectivity index (χ1n) is 12.1. The summed E-state index contributed by atoms with van der Waals surface area (Å²) in [5.74, 6) is 0. The molecule has 1 aliphatic rings. The van der Waals surface area contributed by atoms with Crippen LogP contribution in [0.25, 0.3) is 43.9 Å². The minimum Gasteiger partial charge on any atom is -0.240 e. The number of hydrogen-bond donors (Lipinski definition) is 0. The van der Waals surface area contributed by atoms with Gasteiger partial charge in [0.05, 0.1) is 11.4 Å². The molecule has 1 aliphatic carbocycles. The summed E-state index contributed by atoms with van der Waals surface area (Å²) in [5.41, 5.74) is 8.56. The lowest BCUT2D eigenvalue weighted by atomic mass is 9.79. The Labute approximate surface area is 201 Å². The highest BCUT2D eigenvalue weighted by Gasteiger charge is 2.41. The van der Waals surface area contributed by atoms with Crippen LogP contribution in [0, 0.1) is 5.41 Å². The van der Waals surface area contributed by atoms with Gasteiger partial charge in [0.1, 0.15) is 6.33 Å². The second-order valence-corrected chi connectivity index (χ2v) is 11.4. The molecule has 0 aliphatic heterocycles. The predicted octanol–water partition coefficient (Wildman–Crippen LogP) is 8.34. The highest BCUT2D eigenvalue weighted by atomic mass is 14.9. The van der Waals surface area contributed by atoms with Crippen molar-refractivity contribution in [2.45, 2.75) is 46.5 Å². The molecule has 6 rings (SSSR count). The van der Waals surface area contributed by atoms with Crippen LogP contribution in [0.1, 0.15) is 51.4 Å². The van der Waals surface area contributed by atoms with Crippen LogP contribution < -0.4 is 0 Å². The standard InChI is InChI=1S/C32H30N2/c1-31(2,3)18-23-17-26-27-29(22-15-14-20-10-6-7-11-21(20)16-22)33-19-34-30(27)32(4,5)28(26)25-13-9-8-12-24(23)25/h6-17,19H,18H2,1-5H3. The maximum absolute atomic E-state index is 4.88. The van der Waals surface area contributed by atoms with Gasteiger partial charge in [0, 0.05) is 16.5 Å². The molecule has 0 amide bonds. The molecule has 0 radical (unpaired) electrons. The number of benzene rings is 4. The number of rotatable bonds is 2. The maximum Gasteiger partial charge on any atom is 0.116 e. The maximum atomic E-state index is 4.88. The van der Waals surface area contributed by atoms with Crippen LogP contribution in [0.2, 0.25) is 0 Å². The molecule has 0 bridgehead atoms. The normalized spacial score (nSPS) is 14.4. The molecule has 0 unspecified atom stereocenters. The summed E-state index contributed by atoms with van der Waals surface area (Å²) in [6.07, 6.45) is 2.77. The second-order valence-electron chi connectivity index (χ2n) is 11.4. The van der Waals surface area contributed by atoms with Crippen molar-refractivity contribution in [1.82, 2.24) is 9.97 Å². The topological polar surface area (TPSA) is 25.8 Å². The van der Waals surface area contributed by atoms with Gasteiger partial charge in [-0.25, -0.2) is 9.97 Å². The first-order valence-corrected chi connectivity index (χ1v) is 12.1. The van der Waals surface area contributed by atoms with E-state index in [0.717, 1.165) is 23.4 Å². The van der Waals surface area contributed by atoms with E-state index >= 15 is 0 Å². The molecule has 1 heterocycles. The van der Waals surface area contributed by atoms with Crippen LogP contribution >= 0.6 is 0 Å². The van der Waals surface area contributed by atoms with Crippen LogP contribution in [0.5, 0.6) is 0 Å². The molecule has 5 aromatic rings.